The number of amides is 1. The second-order valence-electron chi connectivity index (χ2n) is 8.83. The molecule has 1 aromatic carbocycles. The number of fused-ring (bicyclic) bond motifs is 1. The molecule has 1 amide bonds. The number of carbonyl (C=O) groups excluding carboxylic acids is 1. The van der Waals surface area contributed by atoms with Crippen LogP contribution in [0.2, 0.25) is 0 Å². The van der Waals surface area contributed by atoms with Gasteiger partial charge < -0.3 is 19.9 Å². The molecule has 2 heterocycles. The zero-order valence-corrected chi connectivity index (χ0v) is 18.6. The maximum Gasteiger partial charge on any atom is 0.490 e. The minimum Gasteiger partial charge on any atom is -0.496 e. The van der Waals surface area contributed by atoms with E-state index in [4.69, 9.17) is 19.4 Å². The van der Waals surface area contributed by atoms with Crippen molar-refractivity contribution in [3.63, 3.8) is 0 Å². The standard InChI is InChI=1S/C21H30N2O3.C2HF3O2/c1-25-19-8-3-2-5-15(19)12-23-10-9-18-16(13-23)14-26-20(18)11-21(24)22-17-6-4-7-17;3-2(4,5)1(6)7/h2-3,5,8,16-18,20H,4,6-7,9-14H2,1H3,(H,22,24);(H,6,7)/t16-,18-,20+;/m1./s1. The highest BCUT2D eigenvalue weighted by Crippen LogP contribution is 2.36. The normalized spacial score (nSPS) is 25.3. The number of carbonyl (C=O) groups is 2. The molecule has 1 aliphatic carbocycles. The van der Waals surface area contributed by atoms with Gasteiger partial charge >= 0.3 is 12.1 Å². The van der Waals surface area contributed by atoms with Gasteiger partial charge in [0.1, 0.15) is 5.75 Å². The number of carboxylic acid groups (broad SMARTS) is 1. The van der Waals surface area contributed by atoms with E-state index in [2.05, 4.69) is 22.3 Å². The predicted molar refractivity (Wildman–Crippen MR) is 114 cm³/mol. The van der Waals surface area contributed by atoms with Gasteiger partial charge in [0.25, 0.3) is 0 Å². The molecule has 0 bridgehead atoms. The molecule has 4 rings (SSSR count). The third-order valence-electron chi connectivity index (χ3n) is 6.56. The number of halogens is 3. The van der Waals surface area contributed by atoms with Crippen molar-refractivity contribution in [2.75, 3.05) is 26.8 Å². The van der Waals surface area contributed by atoms with Crippen LogP contribution in [0.4, 0.5) is 13.2 Å². The van der Waals surface area contributed by atoms with Crippen LogP contribution in [0.1, 0.15) is 37.7 Å². The fourth-order valence-electron chi connectivity index (χ4n) is 4.61. The minimum absolute atomic E-state index is 0.105. The van der Waals surface area contributed by atoms with Crippen LogP contribution in [-0.2, 0) is 20.9 Å². The van der Waals surface area contributed by atoms with Gasteiger partial charge in [0.2, 0.25) is 5.91 Å². The lowest BCUT2D eigenvalue weighted by atomic mass is 9.83. The monoisotopic (exact) mass is 472 g/mol. The summed E-state index contributed by atoms with van der Waals surface area (Å²) >= 11 is 0. The Kier molecular flexibility index (Phi) is 8.58. The number of benzene rings is 1. The van der Waals surface area contributed by atoms with Gasteiger partial charge in [-0.05, 0) is 44.2 Å². The van der Waals surface area contributed by atoms with Crippen LogP contribution >= 0.6 is 0 Å². The Morgan fingerprint density at radius 3 is 2.55 bits per heavy atom. The summed E-state index contributed by atoms with van der Waals surface area (Å²) in [5.74, 6) is -0.553. The Hall–Kier alpha value is -2.33. The molecule has 0 unspecified atom stereocenters. The number of nitrogens with one attached hydrogen (secondary N) is 1. The summed E-state index contributed by atoms with van der Waals surface area (Å²) in [4.78, 5) is 23.6. The first-order valence-electron chi connectivity index (χ1n) is 11.2. The van der Waals surface area contributed by atoms with Gasteiger partial charge in [-0.25, -0.2) is 4.79 Å². The van der Waals surface area contributed by atoms with Crippen LogP contribution < -0.4 is 10.1 Å². The van der Waals surface area contributed by atoms with Gasteiger partial charge in [-0.3, -0.25) is 9.69 Å². The molecule has 33 heavy (non-hydrogen) atoms. The average Bonchev–Trinajstić information content (AvgIpc) is 3.13. The number of carboxylic acids is 1. The molecule has 10 heteroatoms. The van der Waals surface area contributed by atoms with E-state index in [9.17, 15) is 18.0 Å². The smallest absolute Gasteiger partial charge is 0.490 e. The molecule has 0 spiro atoms. The van der Waals surface area contributed by atoms with E-state index in [1.54, 1.807) is 7.11 Å². The largest absolute Gasteiger partial charge is 0.496 e. The first-order valence-corrected chi connectivity index (χ1v) is 11.2. The maximum absolute atomic E-state index is 12.2. The SMILES string of the molecule is COc1ccccc1CN1CC[C@@H]2[C@@H](CO[C@H]2CC(=O)NC2CCC2)C1.O=C(O)C(F)(F)F. The van der Waals surface area contributed by atoms with Crippen LogP contribution in [0.5, 0.6) is 5.75 Å². The molecule has 184 valence electrons. The molecule has 3 fully saturated rings. The molecule has 7 nitrogen and oxygen atoms in total. The second-order valence-corrected chi connectivity index (χ2v) is 8.83. The topological polar surface area (TPSA) is 88.1 Å². The van der Waals surface area contributed by atoms with E-state index in [1.165, 1.54) is 12.0 Å². The van der Waals surface area contributed by atoms with Crippen molar-refractivity contribution in [1.82, 2.24) is 10.2 Å². The van der Waals surface area contributed by atoms with E-state index in [1.807, 2.05) is 12.1 Å². The Labute approximate surface area is 191 Å². The number of aliphatic carboxylic acids is 1. The van der Waals surface area contributed by atoms with Gasteiger partial charge in [-0.15, -0.1) is 0 Å². The third-order valence-corrected chi connectivity index (χ3v) is 6.56. The number of hydrogen-bond donors (Lipinski definition) is 2. The number of likely N-dealkylation sites (tertiary alicyclic amines) is 1. The van der Waals surface area contributed by atoms with Crippen LogP contribution in [0.3, 0.4) is 0 Å². The lowest BCUT2D eigenvalue weighted by Gasteiger charge is -2.36. The van der Waals surface area contributed by atoms with E-state index < -0.39 is 12.1 Å². The Bertz CT molecular complexity index is 816. The van der Waals surface area contributed by atoms with Crippen molar-refractivity contribution in [1.29, 1.82) is 0 Å². The average molecular weight is 473 g/mol. The summed E-state index contributed by atoms with van der Waals surface area (Å²) in [5.41, 5.74) is 1.24. The van der Waals surface area contributed by atoms with Crippen LogP contribution in [0.25, 0.3) is 0 Å². The number of hydrogen-bond acceptors (Lipinski definition) is 5. The Morgan fingerprint density at radius 1 is 1.24 bits per heavy atom. The predicted octanol–water partition coefficient (Wildman–Crippen LogP) is 3.22. The Balaban J connectivity index is 0.000000383. The number of nitrogens with zero attached hydrogens (tertiary/aromatic N) is 1. The summed E-state index contributed by atoms with van der Waals surface area (Å²) in [6.45, 7) is 3.81. The highest BCUT2D eigenvalue weighted by Gasteiger charge is 2.41. The zero-order valence-electron chi connectivity index (χ0n) is 18.6. The number of methoxy groups -OCH3 is 1. The number of rotatable bonds is 6. The van der Waals surface area contributed by atoms with Gasteiger partial charge in [0.05, 0.1) is 26.2 Å². The summed E-state index contributed by atoms with van der Waals surface area (Å²) in [7, 11) is 1.73. The van der Waals surface area contributed by atoms with Crippen molar-refractivity contribution < 1.29 is 37.3 Å². The van der Waals surface area contributed by atoms with Gasteiger partial charge in [0, 0.05) is 30.6 Å². The minimum atomic E-state index is -5.08. The zero-order chi connectivity index (χ0) is 24.0. The summed E-state index contributed by atoms with van der Waals surface area (Å²) < 4.78 is 43.3. The molecule has 3 atom stereocenters. The number of para-hydroxylation sites is 1. The van der Waals surface area contributed by atoms with E-state index in [-0.39, 0.29) is 12.0 Å². The molecule has 0 radical (unpaired) electrons. The number of ether oxygens (including phenoxy) is 2. The third kappa shape index (κ3) is 7.07. The maximum atomic E-state index is 12.2. The number of alkyl halides is 3. The van der Waals surface area contributed by atoms with Crippen LogP contribution in [-0.4, -0.2) is 67.0 Å². The summed E-state index contributed by atoms with van der Waals surface area (Å²) in [5, 5.41) is 10.3. The lowest BCUT2D eigenvalue weighted by Crippen LogP contribution is -2.43. The van der Waals surface area contributed by atoms with Crippen molar-refractivity contribution in [2.45, 2.75) is 57.0 Å². The van der Waals surface area contributed by atoms with Gasteiger partial charge in [-0.2, -0.15) is 13.2 Å². The van der Waals surface area contributed by atoms with E-state index in [0.29, 0.717) is 24.3 Å². The van der Waals surface area contributed by atoms with Crippen molar-refractivity contribution in [3.8, 4) is 5.75 Å². The molecular formula is C23H31F3N2O5. The highest BCUT2D eigenvalue weighted by atomic mass is 19.4. The molecule has 2 N–H and O–H groups in total. The molecule has 2 saturated heterocycles. The molecule has 3 aliphatic rings. The molecule has 1 saturated carbocycles. The first-order chi connectivity index (χ1) is 15.7. The van der Waals surface area contributed by atoms with Crippen molar-refractivity contribution in [3.05, 3.63) is 29.8 Å². The quantitative estimate of drug-likeness (QED) is 0.661. The van der Waals surface area contributed by atoms with E-state index in [0.717, 1.165) is 51.3 Å². The van der Waals surface area contributed by atoms with Gasteiger partial charge in [-0.1, -0.05) is 18.2 Å². The van der Waals surface area contributed by atoms with Crippen LogP contribution in [0, 0.1) is 11.8 Å². The first kappa shape index (κ1) is 25.3. The van der Waals surface area contributed by atoms with E-state index >= 15 is 0 Å². The fourth-order valence-corrected chi connectivity index (χ4v) is 4.61. The van der Waals surface area contributed by atoms with Crippen molar-refractivity contribution in [2.24, 2.45) is 11.8 Å². The fraction of sp³-hybridized carbons (Fsp3) is 0.652. The van der Waals surface area contributed by atoms with Crippen LogP contribution in [0.15, 0.2) is 24.3 Å². The molecule has 0 aromatic heterocycles. The summed E-state index contributed by atoms with van der Waals surface area (Å²) in [6.07, 6.45) is 0.194. The van der Waals surface area contributed by atoms with Gasteiger partial charge in [0.15, 0.2) is 0 Å². The van der Waals surface area contributed by atoms with Crippen molar-refractivity contribution >= 4 is 11.9 Å². The lowest BCUT2D eigenvalue weighted by molar-refractivity contribution is -0.192. The second kappa shape index (κ2) is 11.2. The Morgan fingerprint density at radius 2 is 1.94 bits per heavy atom. The molecule has 1 aromatic rings. The summed E-state index contributed by atoms with van der Waals surface area (Å²) in [6, 6.07) is 8.67. The highest BCUT2D eigenvalue weighted by molar-refractivity contribution is 5.77. The molecular weight excluding hydrogens is 441 g/mol. The molecule has 2 aliphatic heterocycles. The number of piperidine rings is 1.